The fraction of sp³-hybridized carbons (Fsp3) is 0.0270. The molecule has 0 bridgehead atoms. The van der Waals surface area contributed by atoms with Crippen molar-refractivity contribution in [3.8, 4) is 11.1 Å². The minimum absolute atomic E-state index is 0. The predicted molar refractivity (Wildman–Crippen MR) is 160 cm³/mol. The molecule has 7 rings (SSSR count). The van der Waals surface area contributed by atoms with E-state index in [1.807, 2.05) is 0 Å². The van der Waals surface area contributed by atoms with E-state index in [1.165, 1.54) is 82.4 Å². The third-order valence-electron chi connectivity index (χ3n) is 7.10. The van der Waals surface area contributed by atoms with E-state index in [1.54, 1.807) is 0 Å². The van der Waals surface area contributed by atoms with E-state index in [4.69, 9.17) is 0 Å². The molecule has 0 heterocycles. The Morgan fingerprint density at radius 1 is 0.600 bits per heavy atom. The van der Waals surface area contributed by atoms with Gasteiger partial charge in [-0.3, -0.25) is 0 Å². The molecule has 0 aliphatic heterocycles. The summed E-state index contributed by atoms with van der Waals surface area (Å²) in [6.45, 7) is 0. The minimum atomic E-state index is 0. The Balaban J connectivity index is 0.000000200. The Kier molecular flexibility index (Phi) is 10.4. The number of hydrogen-bond acceptors (Lipinski definition) is 0. The number of fused-ring (bicyclic) bond motifs is 3. The average Bonchev–Trinajstić information content (AvgIpc) is 3.66. The molecule has 0 unspecified atom stereocenters. The van der Waals surface area contributed by atoms with Gasteiger partial charge in [-0.2, -0.15) is 0 Å². The first-order chi connectivity index (χ1) is 18.8. The van der Waals surface area contributed by atoms with Crippen LogP contribution in [0.4, 0.5) is 0 Å². The van der Waals surface area contributed by atoms with Gasteiger partial charge in [-0.05, 0) is 17.5 Å². The van der Waals surface area contributed by atoms with Gasteiger partial charge in [0.2, 0.25) is 0 Å². The Bertz CT molecular complexity index is 1740. The van der Waals surface area contributed by atoms with Crippen molar-refractivity contribution in [3.05, 3.63) is 168 Å². The molecule has 1 aliphatic carbocycles. The molecule has 0 aromatic heterocycles. The number of allylic oxidation sites excluding steroid dienone is 4. The zero-order chi connectivity index (χ0) is 25.7. The number of hydrogen-bond donors (Lipinski definition) is 0. The molecule has 3 heteroatoms. The van der Waals surface area contributed by atoms with Crippen LogP contribution in [-0.2, 0) is 24.2 Å². The van der Waals surface area contributed by atoms with Crippen molar-refractivity contribution in [1.29, 1.82) is 0 Å². The van der Waals surface area contributed by atoms with Crippen LogP contribution in [0.2, 0.25) is 0 Å². The van der Waals surface area contributed by atoms with Crippen molar-refractivity contribution in [2.75, 3.05) is 0 Å². The summed E-state index contributed by atoms with van der Waals surface area (Å²) in [6, 6.07) is 47.4. The molecule has 0 fully saturated rings. The molecule has 0 nitrogen and oxygen atoms in total. The Morgan fingerprint density at radius 2 is 1.18 bits per heavy atom. The molecule has 0 saturated carbocycles. The summed E-state index contributed by atoms with van der Waals surface area (Å²) in [5.41, 5.74) is 8.07. The molecule has 0 amide bonds. The first-order valence-electron chi connectivity index (χ1n) is 13.0. The van der Waals surface area contributed by atoms with Crippen LogP contribution in [-0.4, -0.2) is 3.21 Å². The third-order valence-corrected chi connectivity index (χ3v) is 8.52. The fourth-order valence-electron chi connectivity index (χ4n) is 5.24. The van der Waals surface area contributed by atoms with Crippen LogP contribution in [0.1, 0.15) is 23.1 Å². The van der Waals surface area contributed by atoms with E-state index < -0.39 is 0 Å². The molecule has 194 valence electrons. The Morgan fingerprint density at radius 3 is 1.77 bits per heavy atom. The van der Waals surface area contributed by atoms with Crippen LogP contribution in [0.5, 0.6) is 0 Å². The Hall–Kier alpha value is -3.22. The first kappa shape index (κ1) is 29.8. The van der Waals surface area contributed by atoms with Gasteiger partial charge in [-0.15, -0.1) is 33.7 Å². The summed E-state index contributed by atoms with van der Waals surface area (Å²) in [5, 5.41) is 5.39. The molecule has 0 N–H and O–H groups in total. The van der Waals surface area contributed by atoms with E-state index in [0.29, 0.717) is 0 Å². The molecule has 6 aromatic carbocycles. The molecule has 6 aromatic rings. The van der Waals surface area contributed by atoms with E-state index >= 15 is 0 Å². The molecule has 0 radical (unpaired) electrons. The van der Waals surface area contributed by atoms with Crippen LogP contribution in [0, 0.1) is 0 Å². The summed E-state index contributed by atoms with van der Waals surface area (Å²) in [4.78, 5) is 0. The zero-order valence-electron chi connectivity index (χ0n) is 21.9. The van der Waals surface area contributed by atoms with Gasteiger partial charge in [0.05, 0.1) is 0 Å². The normalized spacial score (nSPS) is 11.7. The summed E-state index contributed by atoms with van der Waals surface area (Å²) in [5.74, 6) is 0. The zero-order valence-corrected chi connectivity index (χ0v) is 25.9. The van der Waals surface area contributed by atoms with Gasteiger partial charge in [-0.1, -0.05) is 90.0 Å². The third kappa shape index (κ3) is 6.24. The van der Waals surface area contributed by atoms with Crippen molar-refractivity contribution in [2.45, 2.75) is 6.42 Å². The molecule has 1 aliphatic rings. The number of halogens is 2. The molecule has 0 saturated heterocycles. The van der Waals surface area contributed by atoms with Crippen molar-refractivity contribution >= 4 is 30.3 Å². The maximum atomic E-state index is 2.35. The van der Waals surface area contributed by atoms with Crippen LogP contribution in [0.25, 0.3) is 38.2 Å². The first-order valence-corrected chi connectivity index (χ1v) is 14.2. The molecule has 0 spiro atoms. The van der Waals surface area contributed by atoms with Crippen molar-refractivity contribution < 1.29 is 49.0 Å². The molecule has 40 heavy (non-hydrogen) atoms. The van der Waals surface area contributed by atoms with Crippen molar-refractivity contribution in [1.82, 2.24) is 0 Å². The maximum absolute atomic E-state index is 2.35. The SMILES string of the molecule is C1=CCC(c2c(-c3ccccc3)ccc3c2[cH-]c2ccccc23)=C1.[Cl-].[Cl-].[Zr+2]=[C](c1ccccc1)c1ccccc1. The molecule has 0 atom stereocenters. The quantitative estimate of drug-likeness (QED) is 0.261. The van der Waals surface area contributed by atoms with E-state index in [-0.39, 0.29) is 24.8 Å². The number of benzene rings is 5. The van der Waals surface area contributed by atoms with Crippen LogP contribution >= 0.6 is 0 Å². The second-order valence-corrected chi connectivity index (χ2v) is 10.7. The van der Waals surface area contributed by atoms with E-state index in [0.717, 1.165) is 6.42 Å². The van der Waals surface area contributed by atoms with Gasteiger partial charge >= 0.3 is 99.2 Å². The Labute approximate surface area is 263 Å². The fourth-order valence-corrected chi connectivity index (χ4v) is 6.06. The van der Waals surface area contributed by atoms with Gasteiger partial charge < -0.3 is 24.8 Å². The summed E-state index contributed by atoms with van der Waals surface area (Å²) >= 11 is 1.46. The topological polar surface area (TPSA) is 0 Å². The summed E-state index contributed by atoms with van der Waals surface area (Å²) in [7, 11) is 0. The average molecular weight is 634 g/mol. The van der Waals surface area contributed by atoms with Crippen LogP contribution in [0.15, 0.2) is 152 Å². The van der Waals surface area contributed by atoms with Gasteiger partial charge in [0.15, 0.2) is 0 Å². The van der Waals surface area contributed by atoms with Gasteiger partial charge in [0.1, 0.15) is 0 Å². The van der Waals surface area contributed by atoms with Crippen LogP contribution in [0.3, 0.4) is 0 Å². The van der Waals surface area contributed by atoms with Crippen molar-refractivity contribution in [2.24, 2.45) is 0 Å². The summed E-state index contributed by atoms with van der Waals surface area (Å²) < 4.78 is 1.42. The van der Waals surface area contributed by atoms with Gasteiger partial charge in [-0.25, -0.2) is 0 Å². The van der Waals surface area contributed by atoms with E-state index in [9.17, 15) is 0 Å². The van der Waals surface area contributed by atoms with Gasteiger partial charge in [0, 0.05) is 0 Å². The standard InChI is InChI=1S/C24H17.C13H10.2ClH.Zr/c1-2-8-17(9-3-1)21-14-15-22-20-13-7-6-12-19(20)16-23(22)24(21)18-10-4-5-11-18;1-3-7-12(8-4-1)11-13-9-5-2-6-10-13;;;/h1-10,12-16H,11H2;1-10H;2*1H;/q-1;;;;+2/p-2. The van der Waals surface area contributed by atoms with Gasteiger partial charge in [0.25, 0.3) is 0 Å². The van der Waals surface area contributed by atoms with E-state index in [2.05, 4.69) is 152 Å². The number of rotatable bonds is 4. The predicted octanol–water partition coefficient (Wildman–Crippen LogP) is 3.53. The second-order valence-electron chi connectivity index (χ2n) is 9.48. The molecular formula is C37H27Cl2Zr-. The van der Waals surface area contributed by atoms with Crippen LogP contribution < -0.4 is 24.8 Å². The second kappa shape index (κ2) is 13.9. The summed E-state index contributed by atoms with van der Waals surface area (Å²) in [6.07, 6.45) is 7.69. The van der Waals surface area contributed by atoms with Crippen molar-refractivity contribution in [3.63, 3.8) is 0 Å². The molecular weight excluding hydrogens is 607 g/mol. The monoisotopic (exact) mass is 631 g/mol.